The van der Waals surface area contributed by atoms with Gasteiger partial charge in [0.2, 0.25) is 20.0 Å². The van der Waals surface area contributed by atoms with Crippen molar-refractivity contribution in [2.45, 2.75) is 16.7 Å². The first-order valence-corrected chi connectivity index (χ1v) is 11.2. The summed E-state index contributed by atoms with van der Waals surface area (Å²) in [6, 6.07) is 8.43. The molecule has 1 aromatic heterocycles. The van der Waals surface area contributed by atoms with E-state index < -0.39 is 25.6 Å². The minimum absolute atomic E-state index is 0.106. The molecular formula is C16H16N6O6S2. The van der Waals surface area contributed by atoms with Crippen LogP contribution in [-0.4, -0.2) is 31.7 Å². The van der Waals surface area contributed by atoms with Gasteiger partial charge in [0.1, 0.15) is 11.4 Å². The third kappa shape index (κ3) is 4.30. The summed E-state index contributed by atoms with van der Waals surface area (Å²) < 4.78 is 46.7. The van der Waals surface area contributed by atoms with Crippen molar-refractivity contribution in [2.24, 2.45) is 20.5 Å². The lowest BCUT2D eigenvalue weighted by atomic mass is 10.3. The van der Waals surface area contributed by atoms with Crippen molar-refractivity contribution in [3.8, 4) is 11.4 Å². The Kier molecular flexibility index (Phi) is 5.34. The van der Waals surface area contributed by atoms with Gasteiger partial charge in [-0.3, -0.25) is 9.89 Å². The number of nitrogens with zero attached hydrogens (tertiary/aromatic N) is 3. The second-order valence-electron chi connectivity index (χ2n) is 6.16. The summed E-state index contributed by atoms with van der Waals surface area (Å²) >= 11 is 0. The molecule has 0 saturated carbocycles. The third-order valence-electron chi connectivity index (χ3n) is 4.00. The zero-order chi connectivity index (χ0) is 22.3. The van der Waals surface area contributed by atoms with Gasteiger partial charge in [-0.2, -0.15) is 0 Å². The quantitative estimate of drug-likeness (QED) is 0.413. The minimum atomic E-state index is -4.02. The van der Waals surface area contributed by atoms with Crippen molar-refractivity contribution in [3.63, 3.8) is 0 Å². The van der Waals surface area contributed by atoms with E-state index in [2.05, 4.69) is 15.3 Å². The molecule has 0 bridgehead atoms. The maximum Gasteiger partial charge on any atom is 0.299 e. The van der Waals surface area contributed by atoms with Crippen LogP contribution in [0.15, 0.2) is 67.3 Å². The maximum atomic E-state index is 12.7. The van der Waals surface area contributed by atoms with Gasteiger partial charge in [0.25, 0.3) is 5.56 Å². The van der Waals surface area contributed by atoms with E-state index in [0.29, 0.717) is 11.4 Å². The molecule has 0 fully saturated rings. The lowest BCUT2D eigenvalue weighted by molar-refractivity contribution is 0.476. The normalized spacial score (nSPS) is 12.5. The monoisotopic (exact) mass is 452 g/mol. The summed E-state index contributed by atoms with van der Waals surface area (Å²) in [5.41, 5.74) is -0.282. The first kappa shape index (κ1) is 21.4. The molecule has 2 aromatic carbocycles. The number of nitrogens with two attached hydrogens (primary N) is 2. The number of benzene rings is 2. The predicted molar refractivity (Wildman–Crippen MR) is 106 cm³/mol. The van der Waals surface area contributed by atoms with Crippen molar-refractivity contribution >= 4 is 31.4 Å². The first-order chi connectivity index (χ1) is 13.9. The van der Waals surface area contributed by atoms with Crippen LogP contribution in [0.3, 0.4) is 0 Å². The number of hydrogen-bond donors (Lipinski definition) is 4. The molecule has 3 aromatic rings. The summed E-state index contributed by atoms with van der Waals surface area (Å²) in [7, 11) is -7.90. The molecule has 0 unspecified atom stereocenters. The molecule has 0 saturated heterocycles. The van der Waals surface area contributed by atoms with Gasteiger partial charge in [-0.1, -0.05) is 0 Å². The van der Waals surface area contributed by atoms with Crippen molar-refractivity contribution in [1.29, 1.82) is 0 Å². The van der Waals surface area contributed by atoms with Gasteiger partial charge in [0, 0.05) is 0 Å². The number of primary sulfonamides is 2. The molecule has 0 aliphatic rings. The van der Waals surface area contributed by atoms with Crippen LogP contribution in [-0.2, 0) is 20.0 Å². The number of rotatable bonds is 5. The Morgan fingerprint density at radius 1 is 0.933 bits per heavy atom. The number of aromatic nitrogens is 2. The molecule has 12 nitrogen and oxygen atoms in total. The van der Waals surface area contributed by atoms with E-state index in [9.17, 15) is 26.7 Å². The Morgan fingerprint density at radius 3 is 2.07 bits per heavy atom. The fourth-order valence-corrected chi connectivity index (χ4v) is 3.54. The summed E-state index contributed by atoms with van der Waals surface area (Å²) in [6.45, 7) is 1.55. The van der Waals surface area contributed by atoms with E-state index >= 15 is 0 Å². The van der Waals surface area contributed by atoms with Crippen molar-refractivity contribution < 1.29 is 21.9 Å². The first-order valence-electron chi connectivity index (χ1n) is 8.10. The Bertz CT molecular complexity index is 1420. The third-order valence-corrected chi connectivity index (χ3v) is 5.84. The van der Waals surface area contributed by atoms with E-state index in [-0.39, 0.29) is 26.9 Å². The fourth-order valence-electron chi connectivity index (χ4n) is 2.49. The van der Waals surface area contributed by atoms with Crippen LogP contribution in [0.25, 0.3) is 5.69 Å². The molecule has 0 aliphatic carbocycles. The summed E-state index contributed by atoms with van der Waals surface area (Å²) in [5, 5.41) is 30.3. The average molecular weight is 452 g/mol. The molecule has 1 heterocycles. The molecule has 6 N–H and O–H groups in total. The van der Waals surface area contributed by atoms with Gasteiger partial charge >= 0.3 is 0 Å². The second-order valence-corrected chi connectivity index (χ2v) is 9.28. The van der Waals surface area contributed by atoms with Gasteiger partial charge in [-0.15, -0.1) is 10.2 Å². The molecule has 30 heavy (non-hydrogen) atoms. The molecule has 0 radical (unpaired) electrons. The molecule has 14 heteroatoms. The van der Waals surface area contributed by atoms with E-state index in [1.54, 1.807) is 6.92 Å². The molecule has 0 amide bonds. The van der Waals surface area contributed by atoms with Crippen LogP contribution in [0.2, 0.25) is 0 Å². The number of phenols is 1. The number of sulfonamides is 2. The van der Waals surface area contributed by atoms with Crippen LogP contribution < -0.4 is 15.8 Å². The average Bonchev–Trinajstić information content (AvgIpc) is 2.93. The zero-order valence-corrected chi connectivity index (χ0v) is 17.0. The molecule has 0 spiro atoms. The topological polar surface area (TPSA) is 203 Å². The van der Waals surface area contributed by atoms with Gasteiger partial charge < -0.3 is 5.11 Å². The van der Waals surface area contributed by atoms with E-state index in [1.165, 1.54) is 24.3 Å². The number of aromatic amines is 1. The van der Waals surface area contributed by atoms with Crippen LogP contribution in [0.5, 0.6) is 5.75 Å². The van der Waals surface area contributed by atoms with Gasteiger partial charge in [0.05, 0.1) is 21.2 Å². The zero-order valence-electron chi connectivity index (χ0n) is 15.3. The Balaban J connectivity index is 2.00. The number of nitrogens with one attached hydrogen (secondary N) is 1. The molecule has 158 valence electrons. The van der Waals surface area contributed by atoms with Crippen LogP contribution in [0.1, 0.15) is 5.69 Å². The number of H-pyrrole nitrogens is 1. The number of azo groups is 1. The number of aryl methyl sites for hydroxylation is 1. The van der Waals surface area contributed by atoms with E-state index in [4.69, 9.17) is 10.3 Å². The molecular weight excluding hydrogens is 436 g/mol. The van der Waals surface area contributed by atoms with E-state index in [0.717, 1.165) is 22.9 Å². The Morgan fingerprint density at radius 2 is 1.50 bits per heavy atom. The highest BCUT2D eigenvalue weighted by Gasteiger charge is 2.15. The highest BCUT2D eigenvalue weighted by molar-refractivity contribution is 7.89. The molecule has 0 atom stereocenters. The Hall–Kier alpha value is -3.33. The summed E-state index contributed by atoms with van der Waals surface area (Å²) in [6.07, 6.45) is 0. The van der Waals surface area contributed by atoms with Gasteiger partial charge in [-0.25, -0.2) is 31.8 Å². The molecule has 0 aliphatic heterocycles. The lowest BCUT2D eigenvalue weighted by Crippen LogP contribution is -2.15. The highest BCUT2D eigenvalue weighted by atomic mass is 32.2. The lowest BCUT2D eigenvalue weighted by Gasteiger charge is -2.02. The number of hydrogen-bond acceptors (Lipinski definition) is 8. The number of phenolic OH excluding ortho intramolecular Hbond substituents is 1. The van der Waals surface area contributed by atoms with Crippen molar-refractivity contribution in [1.82, 2.24) is 9.78 Å². The van der Waals surface area contributed by atoms with Gasteiger partial charge in [-0.05, 0) is 49.4 Å². The fraction of sp³-hybridized carbons (Fsp3) is 0.0625. The molecule has 3 rings (SSSR count). The standard InChI is InChI=1S/C16H16N6O6S2/c1-9-15(20-19-13-8-12(30(18,27)28)6-7-14(13)23)16(24)22(21-9)10-2-4-11(5-3-10)29(17,25)26/h2-8,21,23H,1H3,(H2,17,25,26)(H2,18,27,28). The Labute approximate surface area is 170 Å². The maximum absolute atomic E-state index is 12.7. The summed E-state index contributed by atoms with van der Waals surface area (Å²) in [4.78, 5) is 12.3. The summed E-state index contributed by atoms with van der Waals surface area (Å²) in [5.74, 6) is -0.363. The smallest absolute Gasteiger partial charge is 0.299 e. The second kappa shape index (κ2) is 7.49. The van der Waals surface area contributed by atoms with Crippen LogP contribution in [0, 0.1) is 6.92 Å². The van der Waals surface area contributed by atoms with Gasteiger partial charge in [0.15, 0.2) is 5.69 Å². The minimum Gasteiger partial charge on any atom is -0.506 e. The predicted octanol–water partition coefficient (Wildman–Crippen LogP) is 0.890. The van der Waals surface area contributed by atoms with Crippen molar-refractivity contribution in [3.05, 3.63) is 58.5 Å². The van der Waals surface area contributed by atoms with Crippen LogP contribution >= 0.6 is 0 Å². The largest absolute Gasteiger partial charge is 0.506 e. The van der Waals surface area contributed by atoms with Crippen molar-refractivity contribution in [2.75, 3.05) is 0 Å². The SMILES string of the molecule is Cc1[nH]n(-c2ccc(S(N)(=O)=O)cc2)c(=O)c1N=Nc1cc(S(N)(=O)=O)ccc1O. The highest BCUT2D eigenvalue weighted by Crippen LogP contribution is 2.30. The number of aromatic hydroxyl groups is 1. The van der Waals surface area contributed by atoms with Crippen LogP contribution in [0.4, 0.5) is 11.4 Å². The van der Waals surface area contributed by atoms with E-state index in [1.807, 2.05) is 0 Å².